The Morgan fingerprint density at radius 1 is 1.07 bits per heavy atom. The van der Waals surface area contributed by atoms with Crippen molar-refractivity contribution in [3.63, 3.8) is 0 Å². The number of nitrogens with zero attached hydrogens (tertiary/aromatic N) is 2. The number of aryl methyl sites for hydroxylation is 1. The highest BCUT2D eigenvalue weighted by atomic mass is 35.5. The van der Waals surface area contributed by atoms with Crippen LogP contribution in [0.5, 0.6) is 0 Å². The minimum absolute atomic E-state index is 0.121. The third kappa shape index (κ3) is 4.09. The lowest BCUT2D eigenvalue weighted by Crippen LogP contribution is -2.41. The van der Waals surface area contributed by atoms with Crippen LogP contribution in [0.3, 0.4) is 0 Å². The number of aromatic nitrogens is 1. The molecule has 2 amide bonds. The standard InChI is InChI=1S/C22H20ClN3O3/c1-14-18(13-15-12-16(23)6-7-19(15)24-14)21(27)25-20-5-3-2-4-17(20)22(28)26-8-10-29-11-9-26/h2-7,12-13H,8-11H2,1H3,(H,25,27). The number of morpholine rings is 1. The lowest BCUT2D eigenvalue weighted by molar-refractivity contribution is 0.0303. The molecule has 1 N–H and O–H groups in total. The van der Waals surface area contributed by atoms with Crippen LogP contribution in [0.2, 0.25) is 5.02 Å². The summed E-state index contributed by atoms with van der Waals surface area (Å²) in [6.45, 7) is 3.90. The summed E-state index contributed by atoms with van der Waals surface area (Å²) in [7, 11) is 0. The Kier molecular flexibility index (Phi) is 5.47. The number of pyridine rings is 1. The van der Waals surface area contributed by atoms with Gasteiger partial charge in [-0.25, -0.2) is 0 Å². The van der Waals surface area contributed by atoms with Crippen molar-refractivity contribution in [1.82, 2.24) is 9.88 Å². The molecule has 3 aromatic rings. The SMILES string of the molecule is Cc1nc2ccc(Cl)cc2cc1C(=O)Nc1ccccc1C(=O)N1CCOCC1. The summed E-state index contributed by atoms with van der Waals surface area (Å²) in [6.07, 6.45) is 0. The van der Waals surface area contributed by atoms with E-state index >= 15 is 0 Å². The van der Waals surface area contributed by atoms with E-state index in [4.69, 9.17) is 16.3 Å². The second-order valence-corrected chi connectivity index (χ2v) is 7.30. The quantitative estimate of drug-likeness (QED) is 0.711. The number of halogens is 1. The monoisotopic (exact) mass is 409 g/mol. The third-order valence-electron chi connectivity index (χ3n) is 4.92. The van der Waals surface area contributed by atoms with Crippen molar-refractivity contribution in [1.29, 1.82) is 0 Å². The Labute approximate surface area is 173 Å². The summed E-state index contributed by atoms with van der Waals surface area (Å²) in [5.74, 6) is -0.441. The summed E-state index contributed by atoms with van der Waals surface area (Å²) >= 11 is 6.07. The normalized spacial score (nSPS) is 14.1. The minimum atomic E-state index is -0.320. The molecule has 1 aliphatic rings. The highest BCUT2D eigenvalue weighted by Gasteiger charge is 2.22. The fraction of sp³-hybridized carbons (Fsp3) is 0.227. The number of para-hydroxylation sites is 1. The number of anilines is 1. The number of hydrogen-bond donors (Lipinski definition) is 1. The predicted octanol–water partition coefficient (Wildman–Crippen LogP) is 3.92. The average Bonchev–Trinajstić information content (AvgIpc) is 2.74. The van der Waals surface area contributed by atoms with Crippen LogP contribution in [-0.4, -0.2) is 48.0 Å². The lowest BCUT2D eigenvalue weighted by Gasteiger charge is -2.27. The maximum absolute atomic E-state index is 13.0. The molecule has 0 atom stereocenters. The first-order valence-corrected chi connectivity index (χ1v) is 9.75. The fourth-order valence-electron chi connectivity index (χ4n) is 3.38. The molecular weight excluding hydrogens is 390 g/mol. The molecule has 0 spiro atoms. The third-order valence-corrected chi connectivity index (χ3v) is 5.15. The summed E-state index contributed by atoms with van der Waals surface area (Å²) in [6, 6.07) is 14.2. The highest BCUT2D eigenvalue weighted by molar-refractivity contribution is 6.31. The molecule has 0 radical (unpaired) electrons. The van der Waals surface area contributed by atoms with Crippen molar-refractivity contribution in [2.24, 2.45) is 0 Å². The number of amides is 2. The first-order valence-electron chi connectivity index (χ1n) is 9.37. The maximum atomic E-state index is 13.0. The Hall–Kier alpha value is -2.96. The Bertz CT molecular complexity index is 1090. The summed E-state index contributed by atoms with van der Waals surface area (Å²) in [5.41, 5.74) is 2.74. The van der Waals surface area contributed by atoms with Crippen LogP contribution in [0.1, 0.15) is 26.4 Å². The first-order chi connectivity index (χ1) is 14.0. The van der Waals surface area contributed by atoms with Gasteiger partial charge < -0.3 is 15.0 Å². The molecule has 2 aromatic carbocycles. The van der Waals surface area contributed by atoms with Crippen molar-refractivity contribution >= 4 is 40.0 Å². The van der Waals surface area contributed by atoms with Crippen LogP contribution in [0.4, 0.5) is 5.69 Å². The van der Waals surface area contributed by atoms with Gasteiger partial charge in [-0.15, -0.1) is 0 Å². The Morgan fingerprint density at radius 3 is 2.62 bits per heavy atom. The number of carbonyl (C=O) groups is 2. The van der Waals surface area contributed by atoms with E-state index in [1.54, 1.807) is 54.3 Å². The van der Waals surface area contributed by atoms with E-state index < -0.39 is 0 Å². The van der Waals surface area contributed by atoms with E-state index in [9.17, 15) is 9.59 Å². The molecule has 6 nitrogen and oxygen atoms in total. The van der Waals surface area contributed by atoms with Gasteiger partial charge in [-0.1, -0.05) is 23.7 Å². The van der Waals surface area contributed by atoms with Crippen molar-refractivity contribution in [2.45, 2.75) is 6.92 Å². The molecule has 0 aliphatic carbocycles. The number of rotatable bonds is 3. The molecular formula is C22H20ClN3O3. The lowest BCUT2D eigenvalue weighted by atomic mass is 10.1. The van der Waals surface area contributed by atoms with E-state index in [2.05, 4.69) is 10.3 Å². The number of ether oxygens (including phenoxy) is 1. The fourth-order valence-corrected chi connectivity index (χ4v) is 3.56. The molecule has 0 saturated carbocycles. The van der Waals surface area contributed by atoms with Crippen LogP contribution in [0.15, 0.2) is 48.5 Å². The molecule has 7 heteroatoms. The first kappa shape index (κ1) is 19.4. The predicted molar refractivity (Wildman–Crippen MR) is 113 cm³/mol. The molecule has 1 fully saturated rings. The second-order valence-electron chi connectivity index (χ2n) is 6.86. The van der Waals surface area contributed by atoms with Crippen LogP contribution in [0, 0.1) is 6.92 Å². The van der Waals surface area contributed by atoms with Gasteiger partial charge in [0.25, 0.3) is 11.8 Å². The second kappa shape index (κ2) is 8.19. The van der Waals surface area contributed by atoms with Gasteiger partial charge in [-0.05, 0) is 43.3 Å². The van der Waals surface area contributed by atoms with E-state index in [-0.39, 0.29) is 11.8 Å². The number of fused-ring (bicyclic) bond motifs is 1. The Balaban J connectivity index is 1.63. The van der Waals surface area contributed by atoms with E-state index in [0.717, 1.165) is 10.9 Å². The molecule has 1 saturated heterocycles. The minimum Gasteiger partial charge on any atom is -0.378 e. The van der Waals surface area contributed by atoms with Gasteiger partial charge in [-0.2, -0.15) is 0 Å². The van der Waals surface area contributed by atoms with Crippen molar-refractivity contribution in [3.8, 4) is 0 Å². The van der Waals surface area contributed by atoms with Gasteiger partial charge in [0.15, 0.2) is 0 Å². The van der Waals surface area contributed by atoms with Crippen LogP contribution in [-0.2, 0) is 4.74 Å². The van der Waals surface area contributed by atoms with Gasteiger partial charge in [-0.3, -0.25) is 14.6 Å². The molecule has 2 heterocycles. The van der Waals surface area contributed by atoms with Crippen LogP contribution >= 0.6 is 11.6 Å². The van der Waals surface area contributed by atoms with Crippen LogP contribution < -0.4 is 5.32 Å². The molecule has 0 bridgehead atoms. The average molecular weight is 410 g/mol. The Morgan fingerprint density at radius 2 is 1.83 bits per heavy atom. The van der Waals surface area contributed by atoms with Crippen molar-refractivity contribution in [3.05, 3.63) is 70.4 Å². The van der Waals surface area contributed by atoms with E-state index in [1.165, 1.54) is 0 Å². The number of nitrogens with one attached hydrogen (secondary N) is 1. The zero-order valence-corrected chi connectivity index (χ0v) is 16.7. The molecule has 0 unspecified atom stereocenters. The van der Waals surface area contributed by atoms with Crippen molar-refractivity contribution < 1.29 is 14.3 Å². The zero-order chi connectivity index (χ0) is 20.4. The molecule has 1 aliphatic heterocycles. The highest BCUT2D eigenvalue weighted by Crippen LogP contribution is 2.23. The number of carbonyl (C=O) groups excluding carboxylic acids is 2. The van der Waals surface area contributed by atoms with E-state index in [0.29, 0.717) is 53.8 Å². The number of benzene rings is 2. The number of hydrogen-bond acceptors (Lipinski definition) is 4. The van der Waals surface area contributed by atoms with Crippen LogP contribution in [0.25, 0.3) is 10.9 Å². The van der Waals surface area contributed by atoms with Gasteiger partial charge in [0.05, 0.1) is 41.2 Å². The van der Waals surface area contributed by atoms with Gasteiger partial charge >= 0.3 is 0 Å². The molecule has 148 valence electrons. The summed E-state index contributed by atoms with van der Waals surface area (Å²) in [4.78, 5) is 32.1. The van der Waals surface area contributed by atoms with Gasteiger partial charge in [0.2, 0.25) is 0 Å². The summed E-state index contributed by atoms with van der Waals surface area (Å²) in [5, 5.41) is 4.24. The van der Waals surface area contributed by atoms with Gasteiger partial charge in [0.1, 0.15) is 0 Å². The van der Waals surface area contributed by atoms with Gasteiger partial charge in [0, 0.05) is 23.5 Å². The smallest absolute Gasteiger partial charge is 0.257 e. The zero-order valence-electron chi connectivity index (χ0n) is 15.9. The van der Waals surface area contributed by atoms with Crippen molar-refractivity contribution in [2.75, 3.05) is 31.6 Å². The molecule has 29 heavy (non-hydrogen) atoms. The van der Waals surface area contributed by atoms with E-state index in [1.807, 2.05) is 6.07 Å². The topological polar surface area (TPSA) is 71.5 Å². The molecule has 1 aromatic heterocycles. The largest absolute Gasteiger partial charge is 0.378 e. The molecule has 4 rings (SSSR count). The maximum Gasteiger partial charge on any atom is 0.257 e. The summed E-state index contributed by atoms with van der Waals surface area (Å²) < 4.78 is 5.32.